The Kier molecular flexibility index (Phi) is 8.40. The van der Waals surface area contributed by atoms with E-state index in [0.29, 0.717) is 13.2 Å². The molecule has 1 atom stereocenters. The maximum Gasteiger partial charge on any atom is 0.319 e. The van der Waals surface area contributed by atoms with Crippen LogP contribution < -0.4 is 5.32 Å². The molecule has 0 fully saturated rings. The number of unbranched alkanes of at least 4 members (excludes halogenated alkanes) is 1. The second kappa shape index (κ2) is 8.98. The van der Waals surface area contributed by atoms with Gasteiger partial charge in [0.2, 0.25) is 5.91 Å². The van der Waals surface area contributed by atoms with Gasteiger partial charge in [0.1, 0.15) is 0 Å². The number of hydrogen-bond donors (Lipinski definition) is 1. The van der Waals surface area contributed by atoms with Crippen molar-refractivity contribution in [2.45, 2.75) is 39.7 Å². The first-order valence-electron chi connectivity index (χ1n) is 6.16. The highest BCUT2D eigenvalue weighted by atomic mass is 16.5. The number of amides is 1. The Morgan fingerprint density at radius 3 is 2.53 bits per heavy atom. The second-order valence-corrected chi connectivity index (χ2v) is 4.03. The molecule has 0 aromatic heterocycles. The number of likely N-dealkylation sites (N-methyl/N-ethyl adjacent to an activating group) is 1. The fraction of sp³-hybridized carbons (Fsp3) is 0.833. The predicted molar refractivity (Wildman–Crippen MR) is 66.6 cm³/mol. The number of carbonyl (C=O) groups excluding carboxylic acids is 2. The van der Waals surface area contributed by atoms with Crippen LogP contribution in [-0.2, 0) is 14.3 Å². The summed E-state index contributed by atoms with van der Waals surface area (Å²) in [4.78, 5) is 24.5. The van der Waals surface area contributed by atoms with Gasteiger partial charge >= 0.3 is 5.97 Å². The third-order valence-corrected chi connectivity index (χ3v) is 2.53. The predicted octanol–water partition coefficient (Wildman–Crippen LogP) is 0.786. The van der Waals surface area contributed by atoms with Gasteiger partial charge in [0.25, 0.3) is 0 Å². The molecule has 0 rings (SSSR count). The normalized spacial score (nSPS) is 12.0. The van der Waals surface area contributed by atoms with Crippen LogP contribution in [0.5, 0.6) is 0 Å². The molecule has 0 heterocycles. The van der Waals surface area contributed by atoms with Crippen LogP contribution in [0.4, 0.5) is 0 Å². The maximum absolute atomic E-state index is 11.7. The van der Waals surface area contributed by atoms with Crippen molar-refractivity contribution in [3.8, 4) is 0 Å². The first kappa shape index (κ1) is 15.9. The van der Waals surface area contributed by atoms with E-state index in [4.69, 9.17) is 4.74 Å². The van der Waals surface area contributed by atoms with Crippen LogP contribution in [0.2, 0.25) is 0 Å². The Labute approximate surface area is 103 Å². The SMILES string of the molecule is CCCCOC(=O)CNC(C)C(=O)N(C)CC. The van der Waals surface area contributed by atoms with Crippen molar-refractivity contribution >= 4 is 11.9 Å². The molecule has 0 aliphatic rings. The summed E-state index contributed by atoms with van der Waals surface area (Å²) in [5, 5.41) is 2.86. The molecular weight excluding hydrogens is 220 g/mol. The summed E-state index contributed by atoms with van der Waals surface area (Å²) in [6.07, 6.45) is 1.87. The lowest BCUT2D eigenvalue weighted by Crippen LogP contribution is -2.44. The molecule has 0 aliphatic carbocycles. The van der Waals surface area contributed by atoms with Gasteiger partial charge in [-0.3, -0.25) is 14.9 Å². The molecule has 100 valence electrons. The van der Waals surface area contributed by atoms with Crippen molar-refractivity contribution in [2.24, 2.45) is 0 Å². The first-order chi connectivity index (χ1) is 8.02. The smallest absolute Gasteiger partial charge is 0.319 e. The second-order valence-electron chi connectivity index (χ2n) is 4.03. The molecule has 0 bridgehead atoms. The number of carbonyl (C=O) groups is 2. The molecule has 0 saturated heterocycles. The van der Waals surface area contributed by atoms with E-state index >= 15 is 0 Å². The molecule has 0 aromatic carbocycles. The van der Waals surface area contributed by atoms with E-state index in [-0.39, 0.29) is 24.5 Å². The minimum absolute atomic E-state index is 0.0196. The van der Waals surface area contributed by atoms with Crippen LogP contribution in [0.15, 0.2) is 0 Å². The molecule has 1 unspecified atom stereocenters. The summed E-state index contributed by atoms with van der Waals surface area (Å²) >= 11 is 0. The van der Waals surface area contributed by atoms with E-state index in [1.807, 2.05) is 13.8 Å². The fourth-order valence-corrected chi connectivity index (χ4v) is 1.19. The highest BCUT2D eigenvalue weighted by molar-refractivity contribution is 5.82. The minimum atomic E-state index is -0.362. The summed E-state index contributed by atoms with van der Waals surface area (Å²) in [5.41, 5.74) is 0. The van der Waals surface area contributed by atoms with Gasteiger partial charge in [-0.05, 0) is 20.3 Å². The topological polar surface area (TPSA) is 58.6 Å². The van der Waals surface area contributed by atoms with Crippen LogP contribution in [0.3, 0.4) is 0 Å². The zero-order valence-electron chi connectivity index (χ0n) is 11.3. The average molecular weight is 244 g/mol. The molecule has 0 aromatic rings. The van der Waals surface area contributed by atoms with Gasteiger partial charge in [-0.1, -0.05) is 13.3 Å². The van der Waals surface area contributed by atoms with Gasteiger partial charge in [0.05, 0.1) is 19.2 Å². The van der Waals surface area contributed by atoms with Crippen molar-refractivity contribution < 1.29 is 14.3 Å². The number of nitrogens with one attached hydrogen (secondary N) is 1. The largest absolute Gasteiger partial charge is 0.465 e. The summed E-state index contributed by atoms with van der Waals surface area (Å²) in [6, 6.07) is -0.362. The van der Waals surface area contributed by atoms with Crippen molar-refractivity contribution in [3.63, 3.8) is 0 Å². The Bertz CT molecular complexity index is 244. The Hall–Kier alpha value is -1.10. The highest BCUT2D eigenvalue weighted by Gasteiger charge is 2.16. The van der Waals surface area contributed by atoms with E-state index in [1.54, 1.807) is 18.9 Å². The summed E-state index contributed by atoms with van der Waals surface area (Å²) in [6.45, 7) is 6.87. The number of nitrogens with zero attached hydrogens (tertiary/aromatic N) is 1. The van der Waals surface area contributed by atoms with E-state index in [0.717, 1.165) is 12.8 Å². The van der Waals surface area contributed by atoms with Crippen molar-refractivity contribution in [1.29, 1.82) is 0 Å². The molecule has 0 spiro atoms. The van der Waals surface area contributed by atoms with E-state index in [2.05, 4.69) is 5.32 Å². The zero-order chi connectivity index (χ0) is 13.3. The average Bonchev–Trinajstić information content (AvgIpc) is 2.34. The summed E-state index contributed by atoms with van der Waals surface area (Å²) in [5.74, 6) is -0.328. The third kappa shape index (κ3) is 6.94. The van der Waals surface area contributed by atoms with Crippen molar-refractivity contribution in [2.75, 3.05) is 26.7 Å². The molecule has 0 aliphatic heterocycles. The molecule has 0 radical (unpaired) electrons. The fourth-order valence-electron chi connectivity index (χ4n) is 1.19. The molecule has 5 heteroatoms. The lowest BCUT2D eigenvalue weighted by atomic mass is 10.3. The molecule has 0 saturated carbocycles. The summed E-state index contributed by atoms with van der Waals surface area (Å²) < 4.78 is 4.97. The number of esters is 1. The van der Waals surface area contributed by atoms with Crippen LogP contribution in [0, 0.1) is 0 Å². The lowest BCUT2D eigenvalue weighted by molar-refractivity contribution is -0.143. The lowest BCUT2D eigenvalue weighted by Gasteiger charge is -2.20. The Morgan fingerprint density at radius 2 is 2.00 bits per heavy atom. The van der Waals surface area contributed by atoms with Crippen LogP contribution in [0.1, 0.15) is 33.6 Å². The Balaban J connectivity index is 3.79. The van der Waals surface area contributed by atoms with Gasteiger partial charge in [0, 0.05) is 13.6 Å². The number of rotatable bonds is 8. The zero-order valence-corrected chi connectivity index (χ0v) is 11.3. The minimum Gasteiger partial charge on any atom is -0.465 e. The Morgan fingerprint density at radius 1 is 1.35 bits per heavy atom. The van der Waals surface area contributed by atoms with E-state index in [1.165, 1.54) is 0 Å². The van der Waals surface area contributed by atoms with Gasteiger partial charge in [-0.15, -0.1) is 0 Å². The standard InChI is InChI=1S/C12H24N2O3/c1-5-7-8-17-11(15)9-13-10(3)12(16)14(4)6-2/h10,13H,5-9H2,1-4H3. The monoisotopic (exact) mass is 244 g/mol. The van der Waals surface area contributed by atoms with Crippen LogP contribution in [-0.4, -0.2) is 49.6 Å². The molecule has 5 nitrogen and oxygen atoms in total. The van der Waals surface area contributed by atoms with Crippen LogP contribution >= 0.6 is 0 Å². The van der Waals surface area contributed by atoms with Gasteiger partial charge < -0.3 is 9.64 Å². The molecule has 1 amide bonds. The maximum atomic E-state index is 11.7. The molecule has 1 N–H and O–H groups in total. The van der Waals surface area contributed by atoms with Gasteiger partial charge in [-0.25, -0.2) is 0 Å². The van der Waals surface area contributed by atoms with Gasteiger partial charge in [-0.2, -0.15) is 0 Å². The summed E-state index contributed by atoms with van der Waals surface area (Å²) in [7, 11) is 1.74. The number of hydrogen-bond acceptors (Lipinski definition) is 4. The molecule has 17 heavy (non-hydrogen) atoms. The van der Waals surface area contributed by atoms with Crippen molar-refractivity contribution in [3.05, 3.63) is 0 Å². The van der Waals surface area contributed by atoms with Gasteiger partial charge in [0.15, 0.2) is 0 Å². The quantitative estimate of drug-likeness (QED) is 0.506. The van der Waals surface area contributed by atoms with Crippen LogP contribution in [0.25, 0.3) is 0 Å². The van der Waals surface area contributed by atoms with Crippen molar-refractivity contribution in [1.82, 2.24) is 10.2 Å². The van der Waals surface area contributed by atoms with E-state index in [9.17, 15) is 9.59 Å². The first-order valence-corrected chi connectivity index (χ1v) is 6.16. The third-order valence-electron chi connectivity index (χ3n) is 2.53. The molecular formula is C12H24N2O3. The number of ether oxygens (including phenoxy) is 1. The highest BCUT2D eigenvalue weighted by Crippen LogP contribution is 1.92. The van der Waals surface area contributed by atoms with E-state index < -0.39 is 0 Å².